The Labute approximate surface area is 119 Å². The molecule has 2 aliphatic rings. The highest BCUT2D eigenvalue weighted by Gasteiger charge is 2.26. The van der Waals surface area contributed by atoms with Crippen LogP contribution in [0.5, 0.6) is 11.5 Å². The minimum atomic E-state index is 0.0294. The van der Waals surface area contributed by atoms with E-state index < -0.39 is 0 Å². The number of carbonyl (C=O) groups is 1. The minimum absolute atomic E-state index is 0.0294. The van der Waals surface area contributed by atoms with Crippen LogP contribution in [-0.4, -0.2) is 25.7 Å². The zero-order valence-electron chi connectivity index (χ0n) is 12.1. The number of hydrogen-bond acceptors (Lipinski definition) is 3. The van der Waals surface area contributed by atoms with Crippen LogP contribution in [0.15, 0.2) is 6.07 Å². The summed E-state index contributed by atoms with van der Waals surface area (Å²) in [5.74, 6) is 2.18. The van der Waals surface area contributed by atoms with Gasteiger partial charge in [0.15, 0.2) is 0 Å². The Kier molecular flexibility index (Phi) is 3.55. The van der Waals surface area contributed by atoms with E-state index in [1.807, 2.05) is 13.8 Å². The van der Waals surface area contributed by atoms with Gasteiger partial charge in [-0.05, 0) is 12.5 Å². The molecule has 1 aromatic carbocycles. The highest BCUT2D eigenvalue weighted by atomic mass is 16.5. The van der Waals surface area contributed by atoms with Crippen LogP contribution in [0, 0.1) is 5.92 Å². The van der Waals surface area contributed by atoms with Crippen LogP contribution in [0.25, 0.3) is 0 Å². The summed E-state index contributed by atoms with van der Waals surface area (Å²) in [6.45, 7) is 5.98. The first-order valence-corrected chi connectivity index (χ1v) is 7.37. The number of carbonyl (C=O) groups excluding carboxylic acids is 1. The third-order valence-corrected chi connectivity index (χ3v) is 3.96. The molecule has 4 heteroatoms. The van der Waals surface area contributed by atoms with Crippen molar-refractivity contribution in [1.82, 2.24) is 5.32 Å². The van der Waals surface area contributed by atoms with E-state index in [0.717, 1.165) is 44.0 Å². The maximum atomic E-state index is 11.6. The van der Waals surface area contributed by atoms with Crippen LogP contribution in [0.1, 0.15) is 30.5 Å². The summed E-state index contributed by atoms with van der Waals surface area (Å²) >= 11 is 0. The van der Waals surface area contributed by atoms with Gasteiger partial charge < -0.3 is 14.8 Å². The molecular formula is C16H21NO3. The number of nitrogens with one attached hydrogen (secondary N) is 1. The van der Waals surface area contributed by atoms with E-state index >= 15 is 0 Å². The Morgan fingerprint density at radius 3 is 2.90 bits per heavy atom. The van der Waals surface area contributed by atoms with Crippen molar-refractivity contribution in [2.24, 2.45) is 5.92 Å². The standard InChI is InChI=1S/C16H21NO3/c1-10(2)16(18)17-6-3-13-12-5-8-19-14(12)9-11-4-7-20-15(11)13/h9-10H,3-8H2,1-2H3,(H,17,18). The summed E-state index contributed by atoms with van der Waals surface area (Å²) in [4.78, 5) is 11.6. The van der Waals surface area contributed by atoms with Crippen molar-refractivity contribution in [3.05, 3.63) is 22.8 Å². The third kappa shape index (κ3) is 2.35. The van der Waals surface area contributed by atoms with E-state index in [2.05, 4.69) is 11.4 Å². The van der Waals surface area contributed by atoms with Crippen LogP contribution in [-0.2, 0) is 24.1 Å². The van der Waals surface area contributed by atoms with E-state index in [4.69, 9.17) is 9.47 Å². The molecule has 0 aromatic heterocycles. The van der Waals surface area contributed by atoms with Gasteiger partial charge >= 0.3 is 0 Å². The Balaban J connectivity index is 1.77. The number of ether oxygens (including phenoxy) is 2. The first-order chi connectivity index (χ1) is 9.66. The molecule has 4 nitrogen and oxygen atoms in total. The topological polar surface area (TPSA) is 47.6 Å². The molecule has 0 fully saturated rings. The molecule has 0 bridgehead atoms. The fourth-order valence-electron chi connectivity index (χ4n) is 2.86. The van der Waals surface area contributed by atoms with Crippen molar-refractivity contribution in [3.63, 3.8) is 0 Å². The Morgan fingerprint density at radius 2 is 2.10 bits per heavy atom. The normalized spacial score (nSPS) is 15.6. The van der Waals surface area contributed by atoms with Gasteiger partial charge in [0.05, 0.1) is 13.2 Å². The van der Waals surface area contributed by atoms with Gasteiger partial charge in [-0.15, -0.1) is 0 Å². The Hall–Kier alpha value is -1.71. The van der Waals surface area contributed by atoms with E-state index in [1.165, 1.54) is 16.7 Å². The van der Waals surface area contributed by atoms with Crippen molar-refractivity contribution in [3.8, 4) is 11.5 Å². The first-order valence-electron chi connectivity index (χ1n) is 7.37. The molecule has 1 N–H and O–H groups in total. The summed E-state index contributed by atoms with van der Waals surface area (Å²) in [5.41, 5.74) is 3.75. The summed E-state index contributed by atoms with van der Waals surface area (Å²) in [6.07, 6.45) is 2.71. The lowest BCUT2D eigenvalue weighted by Gasteiger charge is -2.14. The second-order valence-corrected chi connectivity index (χ2v) is 5.71. The zero-order chi connectivity index (χ0) is 14.1. The summed E-state index contributed by atoms with van der Waals surface area (Å²) in [7, 11) is 0. The van der Waals surface area contributed by atoms with Crippen LogP contribution in [0.2, 0.25) is 0 Å². The maximum absolute atomic E-state index is 11.6. The third-order valence-electron chi connectivity index (χ3n) is 3.96. The van der Waals surface area contributed by atoms with Crippen LogP contribution in [0.4, 0.5) is 0 Å². The van der Waals surface area contributed by atoms with E-state index in [0.29, 0.717) is 6.54 Å². The van der Waals surface area contributed by atoms with Gasteiger partial charge in [0, 0.05) is 42.0 Å². The van der Waals surface area contributed by atoms with Crippen molar-refractivity contribution in [2.75, 3.05) is 19.8 Å². The molecular weight excluding hydrogens is 254 g/mol. The predicted molar refractivity (Wildman–Crippen MR) is 76.4 cm³/mol. The number of benzene rings is 1. The van der Waals surface area contributed by atoms with Gasteiger partial charge in [0.2, 0.25) is 5.91 Å². The SMILES string of the molecule is CC(C)C(=O)NCCc1c2c(cc3c1OCC3)OCC2. The van der Waals surface area contributed by atoms with Crippen molar-refractivity contribution < 1.29 is 14.3 Å². The molecule has 3 rings (SSSR count). The van der Waals surface area contributed by atoms with Gasteiger partial charge in [-0.2, -0.15) is 0 Å². The molecule has 0 saturated heterocycles. The van der Waals surface area contributed by atoms with Gasteiger partial charge in [0.25, 0.3) is 0 Å². The smallest absolute Gasteiger partial charge is 0.222 e. The molecule has 0 atom stereocenters. The number of fused-ring (bicyclic) bond motifs is 2. The van der Waals surface area contributed by atoms with Gasteiger partial charge in [0.1, 0.15) is 11.5 Å². The molecule has 2 aliphatic heterocycles. The van der Waals surface area contributed by atoms with Crippen LogP contribution >= 0.6 is 0 Å². The minimum Gasteiger partial charge on any atom is -0.493 e. The van der Waals surface area contributed by atoms with E-state index in [9.17, 15) is 4.79 Å². The second-order valence-electron chi connectivity index (χ2n) is 5.71. The van der Waals surface area contributed by atoms with E-state index in [1.54, 1.807) is 0 Å². The Bertz CT molecular complexity index is 505. The lowest BCUT2D eigenvalue weighted by atomic mass is 9.97. The average Bonchev–Trinajstić information content (AvgIpc) is 3.05. The number of rotatable bonds is 4. The summed E-state index contributed by atoms with van der Waals surface area (Å²) < 4.78 is 11.5. The fraction of sp³-hybridized carbons (Fsp3) is 0.562. The van der Waals surface area contributed by atoms with Crippen molar-refractivity contribution in [1.29, 1.82) is 0 Å². The zero-order valence-corrected chi connectivity index (χ0v) is 12.1. The molecule has 0 spiro atoms. The molecule has 1 aromatic rings. The molecule has 0 radical (unpaired) electrons. The molecule has 108 valence electrons. The van der Waals surface area contributed by atoms with Gasteiger partial charge in [-0.1, -0.05) is 13.8 Å². The van der Waals surface area contributed by atoms with Gasteiger partial charge in [-0.25, -0.2) is 0 Å². The van der Waals surface area contributed by atoms with Gasteiger partial charge in [-0.3, -0.25) is 4.79 Å². The lowest BCUT2D eigenvalue weighted by Crippen LogP contribution is -2.29. The molecule has 2 heterocycles. The molecule has 0 unspecified atom stereocenters. The molecule has 0 saturated carbocycles. The quantitative estimate of drug-likeness (QED) is 0.912. The largest absolute Gasteiger partial charge is 0.493 e. The molecule has 20 heavy (non-hydrogen) atoms. The molecule has 0 aliphatic carbocycles. The van der Waals surface area contributed by atoms with Crippen LogP contribution in [0.3, 0.4) is 0 Å². The highest BCUT2D eigenvalue weighted by Crippen LogP contribution is 2.40. The predicted octanol–water partition coefficient (Wildman–Crippen LogP) is 1.87. The van der Waals surface area contributed by atoms with Crippen LogP contribution < -0.4 is 14.8 Å². The van der Waals surface area contributed by atoms with Crippen molar-refractivity contribution in [2.45, 2.75) is 33.1 Å². The summed E-state index contributed by atoms with van der Waals surface area (Å²) in [6, 6.07) is 2.13. The number of hydrogen-bond donors (Lipinski definition) is 1. The average molecular weight is 275 g/mol. The maximum Gasteiger partial charge on any atom is 0.222 e. The van der Waals surface area contributed by atoms with Crippen molar-refractivity contribution >= 4 is 5.91 Å². The second kappa shape index (κ2) is 5.35. The van der Waals surface area contributed by atoms with E-state index in [-0.39, 0.29) is 11.8 Å². The highest BCUT2D eigenvalue weighted by molar-refractivity contribution is 5.77. The fourth-order valence-corrected chi connectivity index (χ4v) is 2.86. The first kappa shape index (κ1) is 13.3. The summed E-state index contributed by atoms with van der Waals surface area (Å²) in [5, 5.41) is 2.98. The molecule has 1 amide bonds. The Morgan fingerprint density at radius 1 is 1.30 bits per heavy atom. The monoisotopic (exact) mass is 275 g/mol. The number of amides is 1. The lowest BCUT2D eigenvalue weighted by molar-refractivity contribution is -0.123.